The van der Waals surface area contributed by atoms with Crippen molar-refractivity contribution in [3.8, 4) is 16.9 Å². The number of aryl methyl sites for hydroxylation is 1. The van der Waals surface area contributed by atoms with E-state index in [1.165, 1.54) is 22.7 Å². The second kappa shape index (κ2) is 17.1. The summed E-state index contributed by atoms with van der Waals surface area (Å²) in [5, 5.41) is 23.3. The Balaban J connectivity index is 0.802. The van der Waals surface area contributed by atoms with E-state index >= 15 is 0 Å². The topological polar surface area (TPSA) is 158 Å². The second-order valence-electron chi connectivity index (χ2n) is 14.2. The molecule has 0 saturated carbocycles. The average molecular weight is 832 g/mol. The van der Waals surface area contributed by atoms with Gasteiger partial charge in [0.2, 0.25) is 0 Å². The van der Waals surface area contributed by atoms with Gasteiger partial charge < -0.3 is 25.4 Å². The number of aromatic nitrogens is 4. The minimum Gasteiger partial charge on any atom is -0.494 e. The number of ether oxygens (including phenoxy) is 1. The Morgan fingerprint density at radius 3 is 2.71 bits per heavy atom. The van der Waals surface area contributed by atoms with Crippen molar-refractivity contribution in [2.45, 2.75) is 32.2 Å². The van der Waals surface area contributed by atoms with Crippen molar-refractivity contribution in [2.24, 2.45) is 0 Å². The van der Waals surface area contributed by atoms with Crippen LogP contribution in [0.5, 0.6) is 5.75 Å². The highest BCUT2D eigenvalue weighted by molar-refractivity contribution is 7.22. The summed E-state index contributed by atoms with van der Waals surface area (Å²) in [6.07, 6.45) is 4.53. The second-order valence-corrected chi connectivity index (χ2v) is 17.2. The highest BCUT2D eigenvalue weighted by Crippen LogP contribution is 2.37. The van der Waals surface area contributed by atoms with Crippen LogP contribution in [0.3, 0.4) is 0 Å². The summed E-state index contributed by atoms with van der Waals surface area (Å²) in [5.74, 6) is 0.349. The molecule has 4 N–H and O–H groups in total. The number of anilines is 3. The zero-order valence-electron chi connectivity index (χ0n) is 31.6. The van der Waals surface area contributed by atoms with Crippen molar-refractivity contribution in [3.63, 3.8) is 0 Å². The monoisotopic (exact) mass is 831 g/mol. The number of hydrogen-bond acceptors (Lipinski definition) is 14. The normalized spacial score (nSPS) is 14.2. The summed E-state index contributed by atoms with van der Waals surface area (Å²) in [4.78, 5) is 49.3. The van der Waals surface area contributed by atoms with Crippen molar-refractivity contribution in [1.82, 2.24) is 30.2 Å². The molecule has 9 rings (SSSR count). The first-order valence-corrected chi connectivity index (χ1v) is 21.9. The van der Waals surface area contributed by atoms with Gasteiger partial charge in [-0.1, -0.05) is 47.7 Å². The fraction of sp³-hybridized carbons (Fsp3) is 0.286. The summed E-state index contributed by atoms with van der Waals surface area (Å²) in [6, 6.07) is 21.6. The van der Waals surface area contributed by atoms with Gasteiger partial charge in [0, 0.05) is 67.3 Å². The maximum atomic E-state index is 13.5. The first-order chi connectivity index (χ1) is 28.5. The number of amides is 1. The number of nitrogens with one attached hydrogen (secondary N) is 3. The van der Waals surface area contributed by atoms with E-state index in [9.17, 15) is 14.7 Å². The summed E-state index contributed by atoms with van der Waals surface area (Å²) in [7, 11) is 0. The van der Waals surface area contributed by atoms with Gasteiger partial charge in [-0.05, 0) is 72.7 Å². The van der Waals surface area contributed by atoms with Crippen LogP contribution in [0, 0.1) is 0 Å². The Hall–Kier alpha value is -5.52. The number of rotatable bonds is 15. The van der Waals surface area contributed by atoms with Crippen LogP contribution in [0.2, 0.25) is 0 Å². The molecule has 6 heterocycles. The Labute approximate surface area is 346 Å². The predicted octanol–water partition coefficient (Wildman–Crippen LogP) is 7.61. The van der Waals surface area contributed by atoms with Crippen molar-refractivity contribution < 1.29 is 19.4 Å². The molecule has 1 fully saturated rings. The van der Waals surface area contributed by atoms with E-state index in [4.69, 9.17) is 4.74 Å². The predicted molar refractivity (Wildman–Crippen MR) is 232 cm³/mol. The molecule has 16 heteroatoms. The van der Waals surface area contributed by atoms with E-state index in [0.29, 0.717) is 59.7 Å². The number of benzene rings is 3. The summed E-state index contributed by atoms with van der Waals surface area (Å²) < 4.78 is 8.15. The number of carbonyl (C=O) groups is 2. The fourth-order valence-corrected chi connectivity index (χ4v) is 10.4. The minimum atomic E-state index is -1.05. The van der Waals surface area contributed by atoms with Crippen LogP contribution in [0.1, 0.15) is 49.7 Å². The van der Waals surface area contributed by atoms with Crippen LogP contribution in [0.4, 0.5) is 16.1 Å². The van der Waals surface area contributed by atoms with E-state index in [1.54, 1.807) is 17.7 Å². The third kappa shape index (κ3) is 8.24. The third-order valence-electron chi connectivity index (χ3n) is 10.4. The molecule has 0 atom stereocenters. The van der Waals surface area contributed by atoms with Crippen LogP contribution >= 0.6 is 34.0 Å². The lowest BCUT2D eigenvalue weighted by atomic mass is 9.94. The van der Waals surface area contributed by atoms with Gasteiger partial charge >= 0.3 is 5.97 Å². The van der Waals surface area contributed by atoms with Crippen molar-refractivity contribution in [1.29, 1.82) is 0 Å². The van der Waals surface area contributed by atoms with Crippen molar-refractivity contribution in [2.75, 3.05) is 61.5 Å². The lowest BCUT2D eigenvalue weighted by Gasteiger charge is -2.29. The van der Waals surface area contributed by atoms with E-state index in [1.807, 2.05) is 66.7 Å². The molecule has 0 aliphatic carbocycles. The minimum absolute atomic E-state index is 0.0711. The van der Waals surface area contributed by atoms with Crippen LogP contribution in [0.25, 0.3) is 31.6 Å². The number of thiophene rings is 1. The number of fused-ring (bicyclic) bond motifs is 3. The summed E-state index contributed by atoms with van der Waals surface area (Å²) in [5.41, 5.74) is 6.55. The number of aromatic carboxylic acids is 1. The molecule has 4 aromatic heterocycles. The molecule has 1 saturated heterocycles. The molecule has 7 aromatic rings. The molecule has 1 amide bonds. The van der Waals surface area contributed by atoms with Gasteiger partial charge in [-0.25, -0.2) is 24.7 Å². The molecule has 2 aliphatic rings. The smallest absolute Gasteiger partial charge is 0.355 e. The van der Waals surface area contributed by atoms with Gasteiger partial charge in [-0.2, -0.15) is 0 Å². The van der Waals surface area contributed by atoms with Gasteiger partial charge in [-0.15, -0.1) is 22.7 Å². The SMILES string of the molecule is O=C(Nc1nc2ccccc2s1)c1cccc2c1CN(c1nc(C(=O)O)c(CCCOc3ccc(-c4csc5c(NCCCN6CCNC6)ncnc45)cc3)s1)CC2. The average Bonchev–Trinajstić information content (AvgIpc) is 4.08. The van der Waals surface area contributed by atoms with E-state index in [2.05, 4.69) is 51.1 Å². The molecule has 0 bridgehead atoms. The molecular formula is C42H41N9O4S3. The van der Waals surface area contributed by atoms with Gasteiger partial charge in [0.05, 0.1) is 27.0 Å². The van der Waals surface area contributed by atoms with E-state index < -0.39 is 5.97 Å². The lowest BCUT2D eigenvalue weighted by molar-refractivity contribution is 0.0690. The highest BCUT2D eigenvalue weighted by atomic mass is 32.1. The molecule has 58 heavy (non-hydrogen) atoms. The lowest BCUT2D eigenvalue weighted by Crippen LogP contribution is -2.32. The molecule has 3 aromatic carbocycles. The quantitative estimate of drug-likeness (QED) is 0.0751. The number of para-hydroxylation sites is 1. The van der Waals surface area contributed by atoms with Crippen LogP contribution in [-0.2, 0) is 19.4 Å². The molecule has 0 unspecified atom stereocenters. The molecule has 0 spiro atoms. The molecule has 0 radical (unpaired) electrons. The Morgan fingerprint density at radius 1 is 0.966 bits per heavy atom. The zero-order valence-corrected chi connectivity index (χ0v) is 34.0. The van der Waals surface area contributed by atoms with Gasteiger partial charge in [0.25, 0.3) is 5.91 Å². The van der Waals surface area contributed by atoms with Gasteiger partial charge in [0.15, 0.2) is 16.0 Å². The van der Waals surface area contributed by atoms with Crippen LogP contribution in [0.15, 0.2) is 78.4 Å². The number of hydrogen-bond donors (Lipinski definition) is 4. The maximum absolute atomic E-state index is 13.5. The highest BCUT2D eigenvalue weighted by Gasteiger charge is 2.27. The summed E-state index contributed by atoms with van der Waals surface area (Å²) >= 11 is 4.48. The van der Waals surface area contributed by atoms with Crippen molar-refractivity contribution in [3.05, 3.63) is 106 Å². The van der Waals surface area contributed by atoms with Crippen LogP contribution < -0.4 is 25.6 Å². The summed E-state index contributed by atoms with van der Waals surface area (Å²) in [6.45, 7) is 6.59. The zero-order chi connectivity index (χ0) is 39.4. The van der Waals surface area contributed by atoms with E-state index in [-0.39, 0.29) is 11.6 Å². The van der Waals surface area contributed by atoms with E-state index in [0.717, 1.165) is 93.5 Å². The Bertz CT molecular complexity index is 2550. The first kappa shape index (κ1) is 38.0. The van der Waals surface area contributed by atoms with Gasteiger partial charge in [0.1, 0.15) is 17.9 Å². The first-order valence-electron chi connectivity index (χ1n) is 19.3. The Morgan fingerprint density at radius 2 is 1.86 bits per heavy atom. The largest absolute Gasteiger partial charge is 0.494 e. The third-order valence-corrected chi connectivity index (χ3v) is 13.5. The standard InChI is InChI=1S/C42H41N9O4S3/c52-39(49-41-47-32-8-1-2-9-33(32)57-41)29-7-3-6-26-15-19-51(22-30(26)29)42-48-36(40(53)54)34(58-42)10-4-21-55-28-13-11-27(12-14-28)31-23-56-37-35(31)45-24-46-38(37)44-16-5-18-50-20-17-43-25-50/h1-3,6-9,11-14,23-24,43H,4-5,10,15-22,25H2,(H,53,54)(H,44,45,46)(H,47,49,52). The van der Waals surface area contributed by atoms with Crippen LogP contribution in [-0.4, -0.2) is 87.8 Å². The fourth-order valence-electron chi connectivity index (χ4n) is 7.45. The number of carboxylic acid groups (broad SMARTS) is 1. The number of thiazole rings is 2. The molecule has 13 nitrogen and oxygen atoms in total. The Kier molecular flexibility index (Phi) is 11.2. The van der Waals surface area contributed by atoms with Gasteiger partial charge in [-0.3, -0.25) is 15.0 Å². The number of carboxylic acids is 1. The number of nitrogens with zero attached hydrogens (tertiary/aromatic N) is 6. The molecule has 296 valence electrons. The maximum Gasteiger partial charge on any atom is 0.355 e. The number of carbonyl (C=O) groups excluding carboxylic acids is 1. The molecular weight excluding hydrogens is 791 g/mol. The van der Waals surface area contributed by atoms with Crippen molar-refractivity contribution >= 4 is 82.4 Å². The molecule has 2 aliphatic heterocycles.